The molecule has 1 aliphatic heterocycles. The van der Waals surface area contributed by atoms with E-state index < -0.39 is 24.0 Å². The molecule has 0 aromatic rings. The third-order valence-corrected chi connectivity index (χ3v) is 2.98. The number of thioether (sulfide) groups is 1. The maximum atomic E-state index is 11.7. The summed E-state index contributed by atoms with van der Waals surface area (Å²) >= 11 is 1.54. The minimum absolute atomic E-state index is 0.181. The second kappa shape index (κ2) is 7.52. The number of nitrogens with one attached hydrogen (secondary N) is 1. The number of carboxylic acids is 1. The van der Waals surface area contributed by atoms with E-state index in [1.54, 1.807) is 0 Å². The Kier molecular flexibility index (Phi) is 6.31. The normalized spacial score (nSPS) is 21.8. The molecule has 17 heavy (non-hydrogen) atoms. The van der Waals surface area contributed by atoms with E-state index in [2.05, 4.69) is 5.32 Å². The highest BCUT2D eigenvalue weighted by Gasteiger charge is 2.27. The van der Waals surface area contributed by atoms with Gasteiger partial charge in [-0.2, -0.15) is 11.8 Å². The highest BCUT2D eigenvalue weighted by Crippen LogP contribution is 2.04. The molecule has 1 fully saturated rings. The maximum Gasteiger partial charge on any atom is 0.326 e. The molecule has 6 nitrogen and oxygen atoms in total. The van der Waals surface area contributed by atoms with Gasteiger partial charge in [0.15, 0.2) is 6.10 Å². The van der Waals surface area contributed by atoms with Crippen LogP contribution in [0.3, 0.4) is 0 Å². The van der Waals surface area contributed by atoms with E-state index in [0.717, 1.165) is 0 Å². The number of carbonyl (C=O) groups is 2. The number of amides is 1. The van der Waals surface area contributed by atoms with Crippen molar-refractivity contribution in [3.63, 3.8) is 0 Å². The standard InChI is InChI=1S/C10H17NO5S/c1-17-5-2-7(10(13)14)11-9(12)8-6-15-3-4-16-8/h7-8H,2-6H2,1H3,(H,11,12)(H,13,14)/t7-,8?/m0/s1. The van der Waals surface area contributed by atoms with Crippen molar-refractivity contribution >= 4 is 23.6 Å². The SMILES string of the molecule is CSCC[C@H](NC(=O)C1COCCO1)C(=O)O. The van der Waals surface area contributed by atoms with Crippen LogP contribution in [0.25, 0.3) is 0 Å². The van der Waals surface area contributed by atoms with Gasteiger partial charge in [-0.3, -0.25) is 4.79 Å². The monoisotopic (exact) mass is 263 g/mol. The fraction of sp³-hybridized carbons (Fsp3) is 0.800. The molecule has 7 heteroatoms. The van der Waals surface area contributed by atoms with Crippen LogP contribution in [-0.4, -0.2) is 61.0 Å². The van der Waals surface area contributed by atoms with Crippen molar-refractivity contribution in [2.24, 2.45) is 0 Å². The highest BCUT2D eigenvalue weighted by atomic mass is 32.2. The van der Waals surface area contributed by atoms with Gasteiger partial charge in [-0.05, 0) is 18.4 Å². The Morgan fingerprint density at radius 1 is 1.53 bits per heavy atom. The lowest BCUT2D eigenvalue weighted by atomic mass is 10.2. The molecule has 0 radical (unpaired) electrons. The third-order valence-electron chi connectivity index (χ3n) is 2.33. The van der Waals surface area contributed by atoms with Crippen molar-refractivity contribution in [3.05, 3.63) is 0 Å². The smallest absolute Gasteiger partial charge is 0.326 e. The van der Waals surface area contributed by atoms with Gasteiger partial charge in [0, 0.05) is 0 Å². The van der Waals surface area contributed by atoms with Crippen LogP contribution in [0.5, 0.6) is 0 Å². The molecule has 1 heterocycles. The zero-order valence-electron chi connectivity index (χ0n) is 9.68. The van der Waals surface area contributed by atoms with Gasteiger partial charge in [-0.1, -0.05) is 0 Å². The number of aliphatic carboxylic acids is 1. The van der Waals surface area contributed by atoms with Crippen molar-refractivity contribution in [2.45, 2.75) is 18.6 Å². The van der Waals surface area contributed by atoms with Crippen molar-refractivity contribution in [2.75, 3.05) is 31.8 Å². The van der Waals surface area contributed by atoms with Gasteiger partial charge in [0.25, 0.3) is 5.91 Å². The molecule has 1 aliphatic rings. The van der Waals surface area contributed by atoms with Crippen molar-refractivity contribution in [1.82, 2.24) is 5.32 Å². The minimum atomic E-state index is -1.02. The first-order chi connectivity index (χ1) is 8.15. The van der Waals surface area contributed by atoms with Crippen LogP contribution in [0.4, 0.5) is 0 Å². The fourth-order valence-corrected chi connectivity index (χ4v) is 1.87. The van der Waals surface area contributed by atoms with Gasteiger partial charge < -0.3 is 19.9 Å². The maximum absolute atomic E-state index is 11.7. The van der Waals surface area contributed by atoms with Crippen molar-refractivity contribution in [3.8, 4) is 0 Å². The molecule has 0 aromatic heterocycles. The van der Waals surface area contributed by atoms with Crippen molar-refractivity contribution < 1.29 is 24.2 Å². The average Bonchev–Trinajstić information content (AvgIpc) is 2.35. The summed E-state index contributed by atoms with van der Waals surface area (Å²) < 4.78 is 10.3. The lowest BCUT2D eigenvalue weighted by Gasteiger charge is -2.23. The zero-order valence-corrected chi connectivity index (χ0v) is 10.5. The van der Waals surface area contributed by atoms with E-state index in [0.29, 0.717) is 25.4 Å². The molecule has 98 valence electrons. The molecule has 2 atom stereocenters. The molecule has 2 N–H and O–H groups in total. The summed E-state index contributed by atoms with van der Waals surface area (Å²) in [5.41, 5.74) is 0. The van der Waals surface area contributed by atoms with Crippen LogP contribution in [0.2, 0.25) is 0 Å². The number of hydrogen-bond acceptors (Lipinski definition) is 5. The summed E-state index contributed by atoms with van der Waals surface area (Å²) in [5.74, 6) is -0.762. The van der Waals surface area contributed by atoms with Gasteiger partial charge in [0.2, 0.25) is 0 Å². The number of carboxylic acid groups (broad SMARTS) is 1. The average molecular weight is 263 g/mol. The Morgan fingerprint density at radius 2 is 2.29 bits per heavy atom. The van der Waals surface area contributed by atoms with Crippen LogP contribution < -0.4 is 5.32 Å². The molecule has 0 aliphatic carbocycles. The van der Waals surface area contributed by atoms with E-state index in [1.807, 2.05) is 6.26 Å². The summed E-state index contributed by atoms with van der Waals surface area (Å²) in [5, 5.41) is 11.4. The Labute approximate surface area is 104 Å². The first-order valence-electron chi connectivity index (χ1n) is 5.36. The quantitative estimate of drug-likeness (QED) is 0.686. The minimum Gasteiger partial charge on any atom is -0.480 e. The molecular weight excluding hydrogens is 246 g/mol. The van der Waals surface area contributed by atoms with E-state index >= 15 is 0 Å². The summed E-state index contributed by atoms with van der Waals surface area (Å²) in [4.78, 5) is 22.6. The largest absolute Gasteiger partial charge is 0.480 e. The topological polar surface area (TPSA) is 84.9 Å². The van der Waals surface area contributed by atoms with E-state index in [-0.39, 0.29) is 6.61 Å². The molecule has 0 bridgehead atoms. The fourth-order valence-electron chi connectivity index (χ4n) is 1.40. The Morgan fingerprint density at radius 3 is 2.82 bits per heavy atom. The number of ether oxygens (including phenoxy) is 2. The molecule has 1 saturated heterocycles. The van der Waals surface area contributed by atoms with Crippen LogP contribution in [0.15, 0.2) is 0 Å². The Hall–Kier alpha value is -0.790. The van der Waals surface area contributed by atoms with Crippen LogP contribution in [0.1, 0.15) is 6.42 Å². The van der Waals surface area contributed by atoms with Gasteiger partial charge in [-0.15, -0.1) is 0 Å². The lowest BCUT2D eigenvalue weighted by Crippen LogP contribution is -2.49. The van der Waals surface area contributed by atoms with Crippen molar-refractivity contribution in [1.29, 1.82) is 0 Å². The lowest BCUT2D eigenvalue weighted by molar-refractivity contribution is -0.152. The Balaban J connectivity index is 2.42. The number of hydrogen-bond donors (Lipinski definition) is 2. The molecule has 1 amide bonds. The van der Waals surface area contributed by atoms with E-state index in [9.17, 15) is 9.59 Å². The summed E-state index contributed by atoms with van der Waals surface area (Å²) in [6, 6.07) is -0.861. The van der Waals surface area contributed by atoms with Gasteiger partial charge >= 0.3 is 5.97 Å². The molecular formula is C10H17NO5S. The number of carbonyl (C=O) groups excluding carboxylic acids is 1. The summed E-state index contributed by atoms with van der Waals surface area (Å²) in [7, 11) is 0. The van der Waals surface area contributed by atoms with Crippen LogP contribution in [-0.2, 0) is 19.1 Å². The number of rotatable bonds is 6. The molecule has 0 aromatic carbocycles. The van der Waals surface area contributed by atoms with E-state index in [4.69, 9.17) is 14.6 Å². The van der Waals surface area contributed by atoms with Crippen LogP contribution in [0, 0.1) is 0 Å². The summed E-state index contributed by atoms with van der Waals surface area (Å²) in [6.07, 6.45) is 1.59. The predicted octanol–water partition coefficient (Wildman–Crippen LogP) is -0.276. The Bertz CT molecular complexity index is 267. The highest BCUT2D eigenvalue weighted by molar-refractivity contribution is 7.98. The molecule has 0 saturated carbocycles. The molecule has 1 unspecified atom stereocenters. The zero-order chi connectivity index (χ0) is 12.7. The predicted molar refractivity (Wildman–Crippen MR) is 63.1 cm³/mol. The third kappa shape index (κ3) is 4.93. The molecule has 1 rings (SSSR count). The first-order valence-corrected chi connectivity index (χ1v) is 6.76. The summed E-state index contributed by atoms with van der Waals surface area (Å²) in [6.45, 7) is 1.01. The van der Waals surface area contributed by atoms with Crippen LogP contribution >= 0.6 is 11.8 Å². The second-order valence-electron chi connectivity index (χ2n) is 3.62. The first kappa shape index (κ1) is 14.3. The van der Waals surface area contributed by atoms with Gasteiger partial charge in [-0.25, -0.2) is 4.79 Å². The van der Waals surface area contributed by atoms with Gasteiger partial charge in [0.05, 0.1) is 19.8 Å². The van der Waals surface area contributed by atoms with Gasteiger partial charge in [0.1, 0.15) is 6.04 Å². The van der Waals surface area contributed by atoms with E-state index in [1.165, 1.54) is 11.8 Å². The molecule has 0 spiro atoms. The second-order valence-corrected chi connectivity index (χ2v) is 4.60.